The number of carboxylic acid groups (broad SMARTS) is 1. The van der Waals surface area contributed by atoms with E-state index in [4.69, 9.17) is 5.11 Å². The Labute approximate surface area is 147 Å². The maximum absolute atomic E-state index is 11.7. The van der Waals surface area contributed by atoms with E-state index < -0.39 is 17.1 Å². The van der Waals surface area contributed by atoms with Crippen LogP contribution in [-0.2, 0) is 9.59 Å². The molecule has 128 valence electrons. The lowest BCUT2D eigenvalue weighted by atomic mass is 10.0. The molecule has 1 fully saturated rings. The summed E-state index contributed by atoms with van der Waals surface area (Å²) in [6.45, 7) is 1.70. The largest absolute Gasteiger partial charge is 0.507 e. The van der Waals surface area contributed by atoms with Crippen molar-refractivity contribution in [3.05, 3.63) is 42.0 Å². The first-order valence-corrected chi connectivity index (χ1v) is 8.36. The van der Waals surface area contributed by atoms with E-state index in [0.717, 1.165) is 17.1 Å². The number of thioether (sulfide) groups is 1. The molecule has 1 amide bonds. The van der Waals surface area contributed by atoms with Gasteiger partial charge in [0.2, 0.25) is 5.91 Å². The van der Waals surface area contributed by atoms with Crippen LogP contribution in [0.2, 0.25) is 0 Å². The molecule has 2 aromatic rings. The number of hydrogen-bond acceptors (Lipinski definition) is 6. The third-order valence-electron chi connectivity index (χ3n) is 3.72. The van der Waals surface area contributed by atoms with E-state index in [1.807, 2.05) is 30.3 Å². The van der Waals surface area contributed by atoms with Crippen LogP contribution in [0.15, 0.2) is 46.6 Å². The minimum Gasteiger partial charge on any atom is -0.507 e. The Bertz CT molecular complexity index is 923. The third kappa shape index (κ3) is 3.63. The fraction of sp³-hybridized carbons (Fsp3) is 0.176. The van der Waals surface area contributed by atoms with Gasteiger partial charge in [-0.2, -0.15) is 5.10 Å². The monoisotopic (exact) mass is 357 g/mol. The van der Waals surface area contributed by atoms with Crippen molar-refractivity contribution in [3.63, 3.8) is 0 Å². The highest BCUT2D eigenvalue weighted by molar-refractivity contribution is 8.15. The lowest BCUT2D eigenvalue weighted by molar-refractivity contribution is -0.138. The van der Waals surface area contributed by atoms with Crippen LogP contribution < -0.4 is 5.32 Å². The van der Waals surface area contributed by atoms with Crippen molar-refractivity contribution in [1.29, 1.82) is 0 Å². The first-order valence-electron chi connectivity index (χ1n) is 7.48. The summed E-state index contributed by atoms with van der Waals surface area (Å²) in [5, 5.41) is 30.9. The van der Waals surface area contributed by atoms with E-state index in [0.29, 0.717) is 16.7 Å². The van der Waals surface area contributed by atoms with Crippen molar-refractivity contribution in [2.45, 2.75) is 18.6 Å². The van der Waals surface area contributed by atoms with Gasteiger partial charge in [-0.05, 0) is 18.4 Å². The number of benzene rings is 2. The molecule has 1 saturated heterocycles. The summed E-state index contributed by atoms with van der Waals surface area (Å²) in [6.07, 6.45) is -0.274. The molecule has 0 radical (unpaired) electrons. The minimum absolute atomic E-state index is 0.117. The molecular formula is C17H15N3O4S. The Morgan fingerprint density at radius 2 is 2.04 bits per heavy atom. The molecule has 1 unspecified atom stereocenters. The van der Waals surface area contributed by atoms with Gasteiger partial charge in [-0.3, -0.25) is 9.59 Å². The smallest absolute Gasteiger partial charge is 0.305 e. The summed E-state index contributed by atoms with van der Waals surface area (Å²) >= 11 is 1.03. The van der Waals surface area contributed by atoms with Crippen molar-refractivity contribution in [2.24, 2.45) is 10.2 Å². The number of nitrogens with one attached hydrogen (secondary N) is 1. The number of aliphatic carboxylic acids is 1. The fourth-order valence-corrected chi connectivity index (χ4v) is 3.38. The zero-order chi connectivity index (χ0) is 18.0. The number of carbonyl (C=O) groups excluding carboxylic acids is 1. The first kappa shape index (κ1) is 17.0. The van der Waals surface area contributed by atoms with Crippen LogP contribution in [-0.4, -0.2) is 38.2 Å². The number of carboxylic acids is 1. The van der Waals surface area contributed by atoms with Crippen LogP contribution in [0.5, 0.6) is 5.75 Å². The molecule has 25 heavy (non-hydrogen) atoms. The van der Waals surface area contributed by atoms with Crippen molar-refractivity contribution in [1.82, 2.24) is 5.32 Å². The standard InChI is InChI=1S/C17H15N3O4S/c1-9(11-7-6-10-4-2-3-5-12(10)15(11)23)19-20-17-18-16(24)13(25-17)8-14(21)22/h2-7,13,23H,8H2,1H3,(H,21,22)(H,18,20,24)/b19-9+. The van der Waals surface area contributed by atoms with Gasteiger partial charge in [-0.1, -0.05) is 42.1 Å². The molecule has 0 spiro atoms. The summed E-state index contributed by atoms with van der Waals surface area (Å²) in [5.74, 6) is -1.33. The SMILES string of the molecule is C/C(=N\N=C1/NC(=O)C(CC(=O)O)S1)c1ccc2ccccc2c1O. The van der Waals surface area contributed by atoms with Crippen LogP contribution in [0.3, 0.4) is 0 Å². The van der Waals surface area contributed by atoms with Gasteiger partial charge in [0.15, 0.2) is 5.17 Å². The number of amides is 1. The number of fused-ring (bicyclic) bond motifs is 1. The molecule has 8 heteroatoms. The maximum atomic E-state index is 11.7. The quantitative estimate of drug-likeness (QED) is 0.574. The first-order chi connectivity index (χ1) is 12.0. The fourth-order valence-electron chi connectivity index (χ4n) is 2.47. The summed E-state index contributed by atoms with van der Waals surface area (Å²) in [6, 6.07) is 11.1. The molecule has 3 N–H and O–H groups in total. The highest BCUT2D eigenvalue weighted by Gasteiger charge is 2.32. The molecule has 1 aliphatic heterocycles. The average Bonchev–Trinajstić information content (AvgIpc) is 2.92. The molecule has 3 rings (SSSR count). The van der Waals surface area contributed by atoms with Crippen molar-refractivity contribution in [3.8, 4) is 5.75 Å². The number of nitrogens with zero attached hydrogens (tertiary/aromatic N) is 2. The summed E-state index contributed by atoms with van der Waals surface area (Å²) < 4.78 is 0. The Morgan fingerprint density at radius 1 is 1.28 bits per heavy atom. The second-order valence-electron chi connectivity index (χ2n) is 5.47. The number of amidine groups is 1. The van der Waals surface area contributed by atoms with Gasteiger partial charge in [0.25, 0.3) is 0 Å². The number of rotatable bonds is 4. The lowest BCUT2D eigenvalue weighted by Crippen LogP contribution is -2.26. The van der Waals surface area contributed by atoms with Crippen LogP contribution in [0, 0.1) is 0 Å². The molecular weight excluding hydrogens is 342 g/mol. The van der Waals surface area contributed by atoms with Gasteiger partial charge in [0, 0.05) is 10.9 Å². The van der Waals surface area contributed by atoms with Crippen molar-refractivity contribution in [2.75, 3.05) is 0 Å². The van der Waals surface area contributed by atoms with Gasteiger partial charge < -0.3 is 15.5 Å². The highest BCUT2D eigenvalue weighted by Crippen LogP contribution is 2.29. The zero-order valence-electron chi connectivity index (χ0n) is 13.3. The van der Waals surface area contributed by atoms with Crippen LogP contribution >= 0.6 is 11.8 Å². The maximum Gasteiger partial charge on any atom is 0.305 e. The van der Waals surface area contributed by atoms with Crippen LogP contribution in [0.25, 0.3) is 10.8 Å². The minimum atomic E-state index is -1.05. The molecule has 0 aliphatic carbocycles. The highest BCUT2D eigenvalue weighted by atomic mass is 32.2. The van der Waals surface area contributed by atoms with Gasteiger partial charge >= 0.3 is 5.97 Å². The second kappa shape index (κ2) is 6.94. The summed E-state index contributed by atoms with van der Waals surface area (Å²) in [4.78, 5) is 22.4. The summed E-state index contributed by atoms with van der Waals surface area (Å²) in [5.41, 5.74) is 1.02. The molecule has 0 saturated carbocycles. The van der Waals surface area contributed by atoms with Gasteiger partial charge in [-0.15, -0.1) is 5.10 Å². The lowest BCUT2D eigenvalue weighted by Gasteiger charge is -2.06. The van der Waals surface area contributed by atoms with E-state index in [1.165, 1.54) is 0 Å². The van der Waals surface area contributed by atoms with E-state index in [1.54, 1.807) is 13.0 Å². The number of aromatic hydroxyl groups is 1. The predicted molar refractivity (Wildman–Crippen MR) is 97.0 cm³/mol. The van der Waals surface area contributed by atoms with Gasteiger partial charge in [0.05, 0.1) is 12.1 Å². The number of hydrogen-bond donors (Lipinski definition) is 3. The van der Waals surface area contributed by atoms with Gasteiger partial charge in [-0.25, -0.2) is 0 Å². The van der Waals surface area contributed by atoms with Crippen molar-refractivity contribution >= 4 is 45.3 Å². The molecule has 2 aromatic carbocycles. The molecule has 0 aromatic heterocycles. The third-order valence-corrected chi connectivity index (χ3v) is 4.79. The average molecular weight is 357 g/mol. The predicted octanol–water partition coefficient (Wildman–Crippen LogP) is 2.33. The van der Waals surface area contributed by atoms with E-state index in [9.17, 15) is 14.7 Å². The van der Waals surface area contributed by atoms with E-state index in [-0.39, 0.29) is 17.3 Å². The Morgan fingerprint density at radius 3 is 2.80 bits per heavy atom. The summed E-state index contributed by atoms with van der Waals surface area (Å²) in [7, 11) is 0. The zero-order valence-corrected chi connectivity index (χ0v) is 14.1. The van der Waals surface area contributed by atoms with Crippen LogP contribution in [0.4, 0.5) is 0 Å². The topological polar surface area (TPSA) is 111 Å². The van der Waals surface area contributed by atoms with E-state index in [2.05, 4.69) is 15.5 Å². The van der Waals surface area contributed by atoms with Crippen molar-refractivity contribution < 1.29 is 19.8 Å². The Hall–Kier alpha value is -2.87. The van der Waals surface area contributed by atoms with Crippen LogP contribution in [0.1, 0.15) is 18.9 Å². The van der Waals surface area contributed by atoms with Gasteiger partial charge in [0.1, 0.15) is 11.0 Å². The Kier molecular flexibility index (Phi) is 4.71. The molecule has 0 bridgehead atoms. The number of phenols is 1. The molecule has 1 aliphatic rings. The normalized spacial score (nSPS) is 19.4. The molecule has 1 atom stereocenters. The number of phenolic OH excluding ortho intramolecular Hbond substituents is 1. The Balaban J connectivity index is 1.84. The number of carbonyl (C=O) groups is 2. The molecule has 1 heterocycles. The second-order valence-corrected chi connectivity index (χ2v) is 6.66. The van der Waals surface area contributed by atoms with E-state index >= 15 is 0 Å². The molecule has 7 nitrogen and oxygen atoms in total.